The minimum atomic E-state index is 0. The predicted octanol–water partition coefficient (Wildman–Crippen LogP) is 3.44. The molecule has 0 aromatic carbocycles. The van der Waals surface area contributed by atoms with Gasteiger partial charge in [-0.2, -0.15) is 0 Å². The summed E-state index contributed by atoms with van der Waals surface area (Å²) < 4.78 is 5.82. The normalized spacial score (nSPS) is 19.9. The lowest BCUT2D eigenvalue weighted by Crippen LogP contribution is -2.16. The second-order valence-electron chi connectivity index (χ2n) is 4.17. The van der Waals surface area contributed by atoms with Crippen LogP contribution >= 0.6 is 24.8 Å². The molecule has 0 N–H and O–H groups in total. The fraction of sp³-hybridized carbons (Fsp3) is 0.417. The number of likely N-dealkylation sites (tertiary alicyclic amines) is 1. The number of fused-ring (bicyclic) bond motifs is 1. The molecule has 1 aliphatic heterocycles. The van der Waals surface area contributed by atoms with E-state index in [1.165, 1.54) is 12.8 Å². The van der Waals surface area contributed by atoms with Crippen LogP contribution in [0.2, 0.25) is 0 Å². The minimum Gasteiger partial charge on any atom is -0.458 e. The Bertz CT molecular complexity index is 453. The average Bonchev–Trinajstić information content (AvgIpc) is 2.82. The van der Waals surface area contributed by atoms with Crippen LogP contribution in [0.15, 0.2) is 28.8 Å². The van der Waals surface area contributed by atoms with Crippen molar-refractivity contribution in [3.63, 3.8) is 0 Å². The van der Waals surface area contributed by atoms with Gasteiger partial charge in [-0.3, -0.25) is 9.88 Å². The fourth-order valence-corrected chi connectivity index (χ4v) is 2.32. The first-order valence-corrected chi connectivity index (χ1v) is 5.39. The number of halogens is 2. The Morgan fingerprint density at radius 1 is 1.41 bits per heavy atom. The van der Waals surface area contributed by atoms with Gasteiger partial charge >= 0.3 is 0 Å². The molecule has 1 aliphatic rings. The van der Waals surface area contributed by atoms with Crippen molar-refractivity contribution in [2.75, 3.05) is 13.6 Å². The Hall–Kier alpha value is -0.770. The van der Waals surface area contributed by atoms with E-state index < -0.39 is 0 Å². The molecule has 94 valence electrons. The van der Waals surface area contributed by atoms with Gasteiger partial charge in [0.05, 0.1) is 6.04 Å². The summed E-state index contributed by atoms with van der Waals surface area (Å²) in [6, 6.07) is 6.40. The van der Waals surface area contributed by atoms with E-state index in [9.17, 15) is 0 Å². The zero-order chi connectivity index (χ0) is 10.3. The van der Waals surface area contributed by atoms with Crippen molar-refractivity contribution >= 4 is 35.9 Å². The van der Waals surface area contributed by atoms with Crippen LogP contribution in [0.4, 0.5) is 0 Å². The summed E-state index contributed by atoms with van der Waals surface area (Å²) >= 11 is 0. The maximum Gasteiger partial charge on any atom is 0.152 e. The maximum absolute atomic E-state index is 5.82. The lowest BCUT2D eigenvalue weighted by atomic mass is 10.2. The third kappa shape index (κ3) is 2.57. The third-order valence-corrected chi connectivity index (χ3v) is 3.16. The lowest BCUT2D eigenvalue weighted by Gasteiger charge is -2.16. The van der Waals surface area contributed by atoms with E-state index in [0.29, 0.717) is 6.04 Å². The van der Waals surface area contributed by atoms with Crippen LogP contribution in [-0.2, 0) is 0 Å². The SMILES string of the molecule is CN1CCC[C@H]1c1cc2ncccc2o1.Cl.Cl. The number of rotatable bonds is 1. The molecule has 0 radical (unpaired) electrons. The molecule has 0 aliphatic carbocycles. The quantitative estimate of drug-likeness (QED) is 0.798. The van der Waals surface area contributed by atoms with E-state index in [1.807, 2.05) is 12.1 Å². The van der Waals surface area contributed by atoms with Gasteiger partial charge in [0, 0.05) is 12.3 Å². The van der Waals surface area contributed by atoms with Gasteiger partial charge in [0.25, 0.3) is 0 Å². The van der Waals surface area contributed by atoms with Crippen LogP contribution in [0.1, 0.15) is 24.6 Å². The smallest absolute Gasteiger partial charge is 0.152 e. The highest BCUT2D eigenvalue weighted by Gasteiger charge is 2.25. The first-order chi connectivity index (χ1) is 7.34. The number of aromatic nitrogens is 1. The van der Waals surface area contributed by atoms with Crippen LogP contribution in [0.3, 0.4) is 0 Å². The molecular weight excluding hydrogens is 259 g/mol. The molecule has 0 unspecified atom stereocenters. The van der Waals surface area contributed by atoms with Gasteiger partial charge < -0.3 is 4.42 Å². The highest BCUT2D eigenvalue weighted by Crippen LogP contribution is 2.33. The summed E-state index contributed by atoms with van der Waals surface area (Å²) in [5.41, 5.74) is 1.86. The maximum atomic E-state index is 5.82. The van der Waals surface area contributed by atoms with Crippen molar-refractivity contribution in [1.82, 2.24) is 9.88 Å². The van der Waals surface area contributed by atoms with Gasteiger partial charge in [-0.1, -0.05) is 0 Å². The monoisotopic (exact) mass is 274 g/mol. The Labute approximate surface area is 113 Å². The summed E-state index contributed by atoms with van der Waals surface area (Å²) in [5, 5.41) is 0. The zero-order valence-electron chi connectivity index (χ0n) is 9.63. The van der Waals surface area contributed by atoms with Gasteiger partial charge in [0.1, 0.15) is 11.3 Å². The van der Waals surface area contributed by atoms with Gasteiger partial charge in [-0.25, -0.2) is 0 Å². The molecule has 1 saturated heterocycles. The molecule has 0 spiro atoms. The standard InChI is InChI=1S/C12H14N2O.2ClH/c1-14-7-3-4-10(14)12-8-9-11(15-12)5-2-6-13-9;;/h2,5-6,8,10H,3-4,7H2,1H3;2*1H/t10-;;/m0../s1. The second kappa shape index (κ2) is 5.71. The molecular formula is C12H16Cl2N2O. The van der Waals surface area contributed by atoms with Crippen LogP contribution < -0.4 is 0 Å². The molecule has 2 aromatic heterocycles. The molecule has 3 nitrogen and oxygen atoms in total. The molecule has 17 heavy (non-hydrogen) atoms. The van der Waals surface area contributed by atoms with Crippen molar-refractivity contribution in [3.8, 4) is 0 Å². The Morgan fingerprint density at radius 3 is 2.88 bits per heavy atom. The van der Waals surface area contributed by atoms with E-state index in [-0.39, 0.29) is 24.8 Å². The number of hydrogen-bond donors (Lipinski definition) is 0. The first kappa shape index (κ1) is 14.3. The molecule has 3 rings (SSSR count). The predicted molar refractivity (Wildman–Crippen MR) is 73.1 cm³/mol. The van der Waals surface area contributed by atoms with Gasteiger partial charge in [0.2, 0.25) is 0 Å². The minimum absolute atomic E-state index is 0. The average molecular weight is 275 g/mol. The second-order valence-corrected chi connectivity index (χ2v) is 4.17. The number of furan rings is 1. The Balaban J connectivity index is 0.000000722. The summed E-state index contributed by atoms with van der Waals surface area (Å²) in [5.74, 6) is 1.06. The van der Waals surface area contributed by atoms with Crippen LogP contribution in [0.25, 0.3) is 11.1 Å². The molecule has 2 aromatic rings. The van der Waals surface area contributed by atoms with Crippen molar-refractivity contribution < 1.29 is 4.42 Å². The summed E-state index contributed by atoms with van der Waals surface area (Å²) in [4.78, 5) is 6.63. The molecule has 0 bridgehead atoms. The largest absolute Gasteiger partial charge is 0.458 e. The van der Waals surface area contributed by atoms with Crippen molar-refractivity contribution in [1.29, 1.82) is 0 Å². The molecule has 0 amide bonds. The summed E-state index contributed by atoms with van der Waals surface area (Å²) in [7, 11) is 2.15. The van der Waals surface area contributed by atoms with Gasteiger partial charge in [-0.15, -0.1) is 24.8 Å². The van der Waals surface area contributed by atoms with Crippen molar-refractivity contribution in [2.45, 2.75) is 18.9 Å². The molecule has 5 heteroatoms. The highest BCUT2D eigenvalue weighted by atomic mass is 35.5. The van der Waals surface area contributed by atoms with Gasteiger partial charge in [-0.05, 0) is 38.6 Å². The molecule has 0 saturated carbocycles. The fourth-order valence-electron chi connectivity index (χ4n) is 2.32. The number of nitrogens with zero attached hydrogens (tertiary/aromatic N) is 2. The highest BCUT2D eigenvalue weighted by molar-refractivity contribution is 5.85. The Kier molecular flexibility index (Phi) is 4.80. The van der Waals surface area contributed by atoms with E-state index in [2.05, 4.69) is 23.0 Å². The topological polar surface area (TPSA) is 29.3 Å². The van der Waals surface area contributed by atoms with Crippen LogP contribution in [0.5, 0.6) is 0 Å². The summed E-state index contributed by atoms with van der Waals surface area (Å²) in [6.07, 6.45) is 4.25. The van der Waals surface area contributed by atoms with E-state index >= 15 is 0 Å². The molecule has 1 atom stereocenters. The lowest BCUT2D eigenvalue weighted by molar-refractivity contribution is 0.281. The van der Waals surface area contributed by atoms with Crippen molar-refractivity contribution in [3.05, 3.63) is 30.2 Å². The molecule has 1 fully saturated rings. The van der Waals surface area contributed by atoms with Crippen molar-refractivity contribution in [2.24, 2.45) is 0 Å². The van der Waals surface area contributed by atoms with E-state index in [0.717, 1.165) is 23.4 Å². The number of pyridine rings is 1. The summed E-state index contributed by atoms with van der Waals surface area (Å²) in [6.45, 7) is 1.16. The van der Waals surface area contributed by atoms with E-state index in [4.69, 9.17) is 4.42 Å². The van der Waals surface area contributed by atoms with Gasteiger partial charge in [0.15, 0.2) is 5.58 Å². The first-order valence-electron chi connectivity index (χ1n) is 5.39. The number of hydrogen-bond acceptors (Lipinski definition) is 3. The molecule has 3 heterocycles. The third-order valence-electron chi connectivity index (χ3n) is 3.16. The van der Waals surface area contributed by atoms with Crippen LogP contribution in [-0.4, -0.2) is 23.5 Å². The van der Waals surface area contributed by atoms with E-state index in [1.54, 1.807) is 6.20 Å². The van der Waals surface area contributed by atoms with Crippen LogP contribution in [0, 0.1) is 0 Å². The Morgan fingerprint density at radius 2 is 2.24 bits per heavy atom. The zero-order valence-corrected chi connectivity index (χ0v) is 11.3.